The van der Waals surface area contributed by atoms with E-state index in [1.54, 1.807) is 36.4 Å². The largest absolute Gasteiger partial charge is 0.504 e. The molecule has 32 heavy (non-hydrogen) atoms. The van der Waals surface area contributed by atoms with Gasteiger partial charge in [0.15, 0.2) is 46.0 Å². The Labute approximate surface area is 181 Å². The predicted octanol–water partition coefficient (Wildman–Crippen LogP) is 5.10. The molecule has 1 aliphatic heterocycles. The molecule has 8 heteroatoms. The highest BCUT2D eigenvalue weighted by Gasteiger charge is 2.19. The quantitative estimate of drug-likeness (QED) is 0.191. The Bertz CT molecular complexity index is 1250. The Morgan fingerprint density at radius 1 is 0.469 bits per heavy atom. The fourth-order valence-corrected chi connectivity index (χ4v) is 3.58. The Morgan fingerprint density at radius 2 is 0.844 bits per heavy atom. The number of hydrogen-bond acceptors (Lipinski definition) is 8. The summed E-state index contributed by atoms with van der Waals surface area (Å²) in [5.41, 5.74) is 3.67. The van der Waals surface area contributed by atoms with E-state index in [4.69, 9.17) is 4.74 Å². The number of anilines is 2. The standard InChI is InChI=1S/C24H17NO7/c26-17-5-13(6-18(27)23(17)30)11-1-3-15-21(9-11)32-22-10-12(2-4-16(22)25-15)14-7-19(28)24(31)20(29)8-14/h1-10,25-31H. The second-order valence-corrected chi connectivity index (χ2v) is 7.38. The third-order valence-electron chi connectivity index (χ3n) is 5.26. The van der Waals surface area contributed by atoms with Gasteiger partial charge in [-0.05, 0) is 70.8 Å². The summed E-state index contributed by atoms with van der Waals surface area (Å²) in [5, 5.41) is 61.6. The number of phenolic OH excluding ortho intramolecular Hbond substituents is 6. The van der Waals surface area contributed by atoms with Crippen LogP contribution in [0.4, 0.5) is 11.4 Å². The maximum absolute atomic E-state index is 9.80. The molecule has 0 bridgehead atoms. The molecule has 4 aromatic rings. The van der Waals surface area contributed by atoms with Crippen molar-refractivity contribution in [3.05, 3.63) is 60.7 Å². The van der Waals surface area contributed by atoms with Crippen LogP contribution in [-0.4, -0.2) is 30.6 Å². The lowest BCUT2D eigenvalue weighted by molar-refractivity contribution is 0.368. The van der Waals surface area contributed by atoms with Crippen molar-refractivity contribution < 1.29 is 35.4 Å². The number of nitrogens with one attached hydrogen (secondary N) is 1. The van der Waals surface area contributed by atoms with Crippen LogP contribution in [-0.2, 0) is 0 Å². The van der Waals surface area contributed by atoms with Crippen molar-refractivity contribution in [1.29, 1.82) is 0 Å². The van der Waals surface area contributed by atoms with Crippen LogP contribution in [0.2, 0.25) is 0 Å². The van der Waals surface area contributed by atoms with E-state index < -0.39 is 34.5 Å². The molecule has 0 atom stereocenters. The smallest absolute Gasteiger partial charge is 0.200 e. The summed E-state index contributed by atoms with van der Waals surface area (Å²) >= 11 is 0. The maximum atomic E-state index is 9.80. The molecule has 8 nitrogen and oxygen atoms in total. The monoisotopic (exact) mass is 431 g/mol. The van der Waals surface area contributed by atoms with Gasteiger partial charge >= 0.3 is 0 Å². The van der Waals surface area contributed by atoms with E-state index in [1.807, 2.05) is 0 Å². The molecular weight excluding hydrogens is 414 g/mol. The van der Waals surface area contributed by atoms with Gasteiger partial charge in [0.2, 0.25) is 0 Å². The second-order valence-electron chi connectivity index (χ2n) is 7.38. The zero-order valence-electron chi connectivity index (χ0n) is 16.4. The van der Waals surface area contributed by atoms with Gasteiger partial charge in [0.1, 0.15) is 0 Å². The zero-order valence-corrected chi connectivity index (χ0v) is 16.4. The number of rotatable bonds is 2. The molecule has 0 radical (unpaired) electrons. The molecule has 1 aliphatic rings. The molecule has 7 N–H and O–H groups in total. The van der Waals surface area contributed by atoms with Gasteiger partial charge in [-0.25, -0.2) is 0 Å². The van der Waals surface area contributed by atoms with Crippen LogP contribution < -0.4 is 10.1 Å². The summed E-state index contributed by atoms with van der Waals surface area (Å²) in [6, 6.07) is 15.9. The van der Waals surface area contributed by atoms with Gasteiger partial charge in [0, 0.05) is 0 Å². The molecule has 0 amide bonds. The van der Waals surface area contributed by atoms with E-state index in [9.17, 15) is 30.6 Å². The molecule has 0 unspecified atom stereocenters. The minimum atomic E-state index is -0.586. The molecule has 160 valence electrons. The molecule has 0 spiro atoms. The lowest BCUT2D eigenvalue weighted by Crippen LogP contribution is -2.03. The van der Waals surface area contributed by atoms with E-state index in [-0.39, 0.29) is 0 Å². The number of fused-ring (bicyclic) bond motifs is 2. The van der Waals surface area contributed by atoms with Gasteiger partial charge in [0.05, 0.1) is 11.4 Å². The van der Waals surface area contributed by atoms with Gasteiger partial charge in [-0.15, -0.1) is 0 Å². The summed E-state index contributed by atoms with van der Waals surface area (Å²) in [6.45, 7) is 0. The summed E-state index contributed by atoms with van der Waals surface area (Å²) in [5.74, 6) is -1.93. The minimum absolute atomic E-state index is 0.438. The number of aromatic hydroxyl groups is 6. The van der Waals surface area contributed by atoms with E-state index in [2.05, 4.69) is 5.32 Å². The Balaban J connectivity index is 1.51. The first kappa shape index (κ1) is 19.3. The first-order valence-corrected chi connectivity index (χ1v) is 9.54. The van der Waals surface area contributed by atoms with Crippen LogP contribution >= 0.6 is 0 Å². The highest BCUT2D eigenvalue weighted by Crippen LogP contribution is 2.47. The number of ether oxygens (including phenoxy) is 1. The van der Waals surface area contributed by atoms with Crippen LogP contribution in [0.15, 0.2) is 60.7 Å². The normalized spacial score (nSPS) is 11.8. The van der Waals surface area contributed by atoms with E-state index in [0.717, 1.165) is 0 Å². The van der Waals surface area contributed by atoms with Gasteiger partial charge in [-0.3, -0.25) is 0 Å². The lowest BCUT2D eigenvalue weighted by atomic mass is 10.0. The van der Waals surface area contributed by atoms with E-state index >= 15 is 0 Å². The fourth-order valence-electron chi connectivity index (χ4n) is 3.58. The van der Waals surface area contributed by atoms with Crippen LogP contribution in [0.1, 0.15) is 0 Å². The topological polar surface area (TPSA) is 143 Å². The highest BCUT2D eigenvalue weighted by molar-refractivity contribution is 5.83. The van der Waals surface area contributed by atoms with E-state index in [0.29, 0.717) is 45.1 Å². The molecule has 4 aromatic carbocycles. The Hall–Kier alpha value is -4.72. The lowest BCUT2D eigenvalue weighted by Gasteiger charge is -2.23. The van der Waals surface area contributed by atoms with Crippen LogP contribution in [0.3, 0.4) is 0 Å². The van der Waals surface area contributed by atoms with Crippen molar-refractivity contribution in [2.24, 2.45) is 0 Å². The molecule has 0 fully saturated rings. The van der Waals surface area contributed by atoms with Crippen LogP contribution in [0, 0.1) is 0 Å². The summed E-state index contributed by atoms with van der Waals surface area (Å²) in [6.07, 6.45) is 0. The van der Waals surface area contributed by atoms with E-state index in [1.165, 1.54) is 24.3 Å². The average Bonchev–Trinajstić information content (AvgIpc) is 2.78. The molecule has 0 aliphatic carbocycles. The fraction of sp³-hybridized carbons (Fsp3) is 0. The van der Waals surface area contributed by atoms with Crippen LogP contribution in [0.5, 0.6) is 46.0 Å². The first-order chi connectivity index (χ1) is 15.3. The summed E-state index contributed by atoms with van der Waals surface area (Å²) < 4.78 is 6.06. The van der Waals surface area contributed by atoms with Gasteiger partial charge in [-0.2, -0.15) is 0 Å². The summed E-state index contributed by atoms with van der Waals surface area (Å²) in [4.78, 5) is 0. The second kappa shape index (κ2) is 6.92. The highest BCUT2D eigenvalue weighted by atomic mass is 16.5. The van der Waals surface area contributed by atoms with Crippen molar-refractivity contribution in [2.45, 2.75) is 0 Å². The maximum Gasteiger partial charge on any atom is 0.200 e. The third kappa shape index (κ3) is 3.10. The van der Waals surface area contributed by atoms with Crippen molar-refractivity contribution in [2.75, 3.05) is 5.32 Å². The number of phenols is 6. The van der Waals surface area contributed by atoms with Gasteiger partial charge in [0.25, 0.3) is 0 Å². The number of benzene rings is 4. The Kier molecular flexibility index (Phi) is 4.16. The average molecular weight is 431 g/mol. The van der Waals surface area contributed by atoms with Crippen molar-refractivity contribution >= 4 is 11.4 Å². The third-order valence-corrected chi connectivity index (χ3v) is 5.26. The molecule has 0 saturated heterocycles. The van der Waals surface area contributed by atoms with Crippen molar-refractivity contribution in [3.63, 3.8) is 0 Å². The number of hydrogen-bond donors (Lipinski definition) is 7. The minimum Gasteiger partial charge on any atom is -0.504 e. The van der Waals surface area contributed by atoms with Crippen molar-refractivity contribution in [3.8, 4) is 68.2 Å². The molecular formula is C24H17NO7. The van der Waals surface area contributed by atoms with Gasteiger partial charge < -0.3 is 40.7 Å². The Morgan fingerprint density at radius 3 is 1.22 bits per heavy atom. The molecule has 0 saturated carbocycles. The molecule has 0 aromatic heterocycles. The SMILES string of the molecule is Oc1cc(-c2ccc3c(c2)Oc2cc(-c4cc(O)c(O)c(O)c4)ccc2N3)cc(O)c1O. The molecule has 5 rings (SSSR count). The van der Waals surface area contributed by atoms with Crippen molar-refractivity contribution in [1.82, 2.24) is 0 Å². The van der Waals surface area contributed by atoms with Crippen LogP contribution in [0.25, 0.3) is 22.3 Å². The zero-order chi connectivity index (χ0) is 22.6. The van der Waals surface area contributed by atoms with Gasteiger partial charge in [-0.1, -0.05) is 12.1 Å². The predicted molar refractivity (Wildman–Crippen MR) is 117 cm³/mol. The summed E-state index contributed by atoms with van der Waals surface area (Å²) in [7, 11) is 0. The molecule has 1 heterocycles. The first-order valence-electron chi connectivity index (χ1n) is 9.54.